The van der Waals surface area contributed by atoms with Crippen LogP contribution >= 0.6 is 0 Å². The van der Waals surface area contributed by atoms with E-state index in [1.807, 2.05) is 0 Å². The number of anilines is 3. The molecule has 1 spiro atoms. The van der Waals surface area contributed by atoms with Crippen LogP contribution < -0.4 is 4.90 Å². The maximum atomic E-state index is 2.56. The average molecular weight is 932 g/mol. The molecule has 0 bridgehead atoms. The Morgan fingerprint density at radius 2 is 0.671 bits per heavy atom. The minimum Gasteiger partial charge on any atom is -0.310 e. The highest BCUT2D eigenvalue weighted by Gasteiger charge is 2.52. The van der Waals surface area contributed by atoms with E-state index in [1.54, 1.807) is 0 Å². The van der Waals surface area contributed by atoms with Crippen LogP contribution in [0.1, 0.15) is 58.4 Å². The molecule has 0 aromatic heterocycles. The van der Waals surface area contributed by atoms with E-state index in [0.717, 1.165) is 11.4 Å². The molecule has 346 valence electrons. The van der Waals surface area contributed by atoms with Gasteiger partial charge >= 0.3 is 0 Å². The normalized spacial score (nSPS) is 13.7. The molecule has 3 aliphatic carbocycles. The van der Waals surface area contributed by atoms with E-state index in [9.17, 15) is 0 Å². The summed E-state index contributed by atoms with van der Waals surface area (Å²) in [4.78, 5) is 2.56. The van der Waals surface area contributed by atoms with E-state index < -0.39 is 5.41 Å². The van der Waals surface area contributed by atoms with E-state index in [2.05, 4.69) is 281 Å². The molecule has 0 saturated heterocycles. The Kier molecular flexibility index (Phi) is 9.66. The summed E-state index contributed by atoms with van der Waals surface area (Å²) >= 11 is 0. The van der Waals surface area contributed by atoms with Crippen LogP contribution in [0, 0.1) is 13.8 Å². The molecule has 3 aliphatic rings. The van der Waals surface area contributed by atoms with Crippen molar-refractivity contribution >= 4 is 17.1 Å². The molecule has 14 rings (SSSR count). The van der Waals surface area contributed by atoms with Gasteiger partial charge in [0.05, 0.1) is 11.1 Å². The largest absolute Gasteiger partial charge is 0.310 e. The summed E-state index contributed by atoms with van der Waals surface area (Å²) in [7, 11) is 0. The maximum Gasteiger partial charge on any atom is 0.0726 e. The average Bonchev–Trinajstić information content (AvgIpc) is 4.00. The predicted molar refractivity (Wildman–Crippen MR) is 306 cm³/mol. The zero-order valence-corrected chi connectivity index (χ0v) is 41.6. The van der Waals surface area contributed by atoms with Gasteiger partial charge in [0.25, 0.3) is 0 Å². The highest BCUT2D eigenvalue weighted by atomic mass is 15.1. The monoisotopic (exact) mass is 931 g/mol. The van der Waals surface area contributed by atoms with Gasteiger partial charge in [0.1, 0.15) is 0 Å². The van der Waals surface area contributed by atoms with Gasteiger partial charge in [-0.2, -0.15) is 0 Å². The first kappa shape index (κ1) is 43.0. The fourth-order valence-electron chi connectivity index (χ4n) is 13.2. The van der Waals surface area contributed by atoms with Gasteiger partial charge in [-0.15, -0.1) is 0 Å². The SMILES string of the molecule is Cc1cc(-c2ccccc2)cc(C)c1N(c1ccc2c(c1)C(C)(C)c1ccccc1-2)c1ccc2c(c1)C1(c3ccccc3-c3ccccc31)c1ccc(-c3ccc(-c4ccccc4)c(-c4ccccc4)c3)cc1-2. The van der Waals surface area contributed by atoms with E-state index in [-0.39, 0.29) is 5.41 Å². The number of fused-ring (bicyclic) bond motifs is 13. The second-order valence-electron chi connectivity index (χ2n) is 20.9. The summed E-state index contributed by atoms with van der Waals surface area (Å²) in [6.07, 6.45) is 0. The Hall–Kier alpha value is -8.78. The van der Waals surface area contributed by atoms with Crippen molar-refractivity contribution < 1.29 is 0 Å². The lowest BCUT2D eigenvalue weighted by Gasteiger charge is -2.33. The quantitative estimate of drug-likeness (QED) is 0.154. The number of hydrogen-bond acceptors (Lipinski definition) is 1. The first-order valence-corrected chi connectivity index (χ1v) is 25.7. The molecule has 0 fully saturated rings. The second kappa shape index (κ2) is 16.4. The third-order valence-electron chi connectivity index (χ3n) is 16.5. The van der Waals surface area contributed by atoms with E-state index in [4.69, 9.17) is 0 Å². The van der Waals surface area contributed by atoms with Crippen molar-refractivity contribution in [3.05, 3.63) is 293 Å². The first-order valence-electron chi connectivity index (χ1n) is 25.7. The van der Waals surface area contributed by atoms with E-state index in [1.165, 1.54) is 128 Å². The fourth-order valence-corrected chi connectivity index (χ4v) is 13.2. The molecular weight excluding hydrogens is 879 g/mol. The molecular formula is C72H53N. The standard InChI is InChI=1S/C72H53N/c1-46-40-53(48-20-8-5-9-21-48)41-47(2)70(46)73(54-34-37-60-57-26-14-17-29-64(57)71(3,4)68(60)44-54)55-35-38-61-63-43-52(51-32-36-56(49-22-10-6-11-23-49)62(42-51)50-24-12-7-13-25-50)33-39-67(63)72(69(61)45-55)65-30-18-15-27-58(65)59-28-16-19-31-66(59)72/h5-45H,1-4H3. The highest BCUT2D eigenvalue weighted by Crippen LogP contribution is 2.64. The number of benzene rings is 11. The lowest BCUT2D eigenvalue weighted by Crippen LogP contribution is -2.26. The van der Waals surface area contributed by atoms with Crippen molar-refractivity contribution in [3.63, 3.8) is 0 Å². The van der Waals surface area contributed by atoms with Crippen LogP contribution in [0.5, 0.6) is 0 Å². The number of nitrogens with zero attached hydrogens (tertiary/aromatic N) is 1. The molecule has 0 aliphatic heterocycles. The molecule has 73 heavy (non-hydrogen) atoms. The molecule has 1 heteroatoms. The molecule has 0 atom stereocenters. The van der Waals surface area contributed by atoms with Crippen LogP contribution in [-0.4, -0.2) is 0 Å². The van der Waals surface area contributed by atoms with Crippen LogP contribution in [0.4, 0.5) is 17.1 Å². The summed E-state index contributed by atoms with van der Waals surface area (Å²) in [5.74, 6) is 0. The van der Waals surface area contributed by atoms with Gasteiger partial charge in [0.15, 0.2) is 0 Å². The summed E-state index contributed by atoms with van der Waals surface area (Å²) in [6.45, 7) is 9.35. The molecule has 0 heterocycles. The van der Waals surface area contributed by atoms with Crippen molar-refractivity contribution in [2.45, 2.75) is 38.5 Å². The van der Waals surface area contributed by atoms with Crippen molar-refractivity contribution in [3.8, 4) is 77.9 Å². The third-order valence-corrected chi connectivity index (χ3v) is 16.5. The Balaban J connectivity index is 1.00. The minimum atomic E-state index is -0.534. The summed E-state index contributed by atoms with van der Waals surface area (Å²) < 4.78 is 0. The molecule has 0 N–H and O–H groups in total. The number of aryl methyl sites for hydroxylation is 2. The van der Waals surface area contributed by atoms with Crippen LogP contribution in [0.3, 0.4) is 0 Å². The highest BCUT2D eigenvalue weighted by molar-refractivity contribution is 5.99. The van der Waals surface area contributed by atoms with Crippen LogP contribution in [0.25, 0.3) is 77.9 Å². The molecule has 11 aromatic rings. The third kappa shape index (κ3) is 6.41. The summed E-state index contributed by atoms with van der Waals surface area (Å²) in [5, 5.41) is 0. The van der Waals surface area contributed by atoms with Gasteiger partial charge in [-0.05, 0) is 185 Å². The zero-order valence-electron chi connectivity index (χ0n) is 41.6. The van der Waals surface area contributed by atoms with Gasteiger partial charge in [0, 0.05) is 16.8 Å². The number of hydrogen-bond donors (Lipinski definition) is 0. The van der Waals surface area contributed by atoms with Crippen molar-refractivity contribution in [2.24, 2.45) is 0 Å². The van der Waals surface area contributed by atoms with Gasteiger partial charge in [-0.25, -0.2) is 0 Å². The second-order valence-corrected chi connectivity index (χ2v) is 20.9. The predicted octanol–water partition coefficient (Wildman–Crippen LogP) is 19.1. The van der Waals surface area contributed by atoms with E-state index in [0.29, 0.717) is 0 Å². The van der Waals surface area contributed by atoms with Crippen molar-refractivity contribution in [1.29, 1.82) is 0 Å². The number of rotatable bonds is 7. The zero-order chi connectivity index (χ0) is 49.0. The van der Waals surface area contributed by atoms with Gasteiger partial charge in [-0.3, -0.25) is 0 Å². The van der Waals surface area contributed by atoms with Crippen LogP contribution in [-0.2, 0) is 10.8 Å². The van der Waals surface area contributed by atoms with Gasteiger partial charge in [0.2, 0.25) is 0 Å². The molecule has 0 unspecified atom stereocenters. The smallest absolute Gasteiger partial charge is 0.0726 e. The van der Waals surface area contributed by atoms with Crippen molar-refractivity contribution in [2.75, 3.05) is 4.90 Å². The maximum absolute atomic E-state index is 2.56. The van der Waals surface area contributed by atoms with Crippen LogP contribution in [0.2, 0.25) is 0 Å². The lowest BCUT2D eigenvalue weighted by atomic mass is 9.70. The fraction of sp³-hybridized carbons (Fsp3) is 0.0833. The Morgan fingerprint density at radius 1 is 0.260 bits per heavy atom. The van der Waals surface area contributed by atoms with Gasteiger partial charge < -0.3 is 4.90 Å². The summed E-state index contributed by atoms with van der Waals surface area (Å²) in [6, 6.07) is 93.4. The Labute approximate surface area is 429 Å². The first-order chi connectivity index (χ1) is 35.8. The molecule has 11 aromatic carbocycles. The summed E-state index contributed by atoms with van der Waals surface area (Å²) in [5.41, 5.74) is 30.9. The molecule has 0 amide bonds. The van der Waals surface area contributed by atoms with Gasteiger partial charge in [-0.1, -0.05) is 214 Å². The molecule has 0 radical (unpaired) electrons. The topological polar surface area (TPSA) is 3.24 Å². The van der Waals surface area contributed by atoms with Crippen molar-refractivity contribution in [1.82, 2.24) is 0 Å². The molecule has 1 nitrogen and oxygen atoms in total. The van der Waals surface area contributed by atoms with E-state index >= 15 is 0 Å². The minimum absolute atomic E-state index is 0.156. The lowest BCUT2D eigenvalue weighted by molar-refractivity contribution is 0.660. The molecule has 0 saturated carbocycles. The van der Waals surface area contributed by atoms with Crippen LogP contribution in [0.15, 0.2) is 249 Å². The Bertz CT molecular complexity index is 3940. The Morgan fingerprint density at radius 3 is 1.26 bits per heavy atom.